The zero-order valence-corrected chi connectivity index (χ0v) is 12.3. The van der Waals surface area contributed by atoms with Crippen molar-refractivity contribution in [1.82, 2.24) is 19.3 Å². The van der Waals surface area contributed by atoms with Gasteiger partial charge in [0.1, 0.15) is 4.21 Å². The van der Waals surface area contributed by atoms with Crippen molar-refractivity contribution in [3.05, 3.63) is 29.4 Å². The SMILES string of the molecule is O=S(=O)(c1cccs1)N1CC(n2cc(C3CC3)nn2)C1. The molecule has 106 valence electrons. The van der Waals surface area contributed by atoms with Gasteiger partial charge in [-0.2, -0.15) is 4.31 Å². The van der Waals surface area contributed by atoms with Crippen LogP contribution in [0.3, 0.4) is 0 Å². The summed E-state index contributed by atoms with van der Waals surface area (Å²) >= 11 is 1.26. The van der Waals surface area contributed by atoms with Crippen LogP contribution in [-0.4, -0.2) is 40.8 Å². The van der Waals surface area contributed by atoms with Crippen LogP contribution >= 0.6 is 11.3 Å². The number of hydrogen-bond acceptors (Lipinski definition) is 5. The minimum Gasteiger partial charge on any atom is -0.247 e. The Labute approximate surface area is 121 Å². The Morgan fingerprint density at radius 2 is 2.10 bits per heavy atom. The lowest BCUT2D eigenvalue weighted by Crippen LogP contribution is -2.50. The standard InChI is InChI=1S/C12H14N4O2S2/c17-20(18,12-2-1-5-19-12)15-6-10(7-15)16-8-11(13-14-16)9-3-4-9/h1-2,5,8-10H,3-4,6-7H2. The van der Waals surface area contributed by atoms with Crippen molar-refractivity contribution in [2.75, 3.05) is 13.1 Å². The molecule has 2 fully saturated rings. The maximum absolute atomic E-state index is 12.3. The largest absolute Gasteiger partial charge is 0.252 e. The third-order valence-corrected chi connectivity index (χ3v) is 7.02. The molecule has 0 spiro atoms. The van der Waals surface area contributed by atoms with Crippen molar-refractivity contribution in [3.63, 3.8) is 0 Å². The molecule has 0 amide bonds. The number of hydrogen-bond donors (Lipinski definition) is 0. The van der Waals surface area contributed by atoms with E-state index < -0.39 is 10.0 Å². The maximum Gasteiger partial charge on any atom is 0.252 e. The second-order valence-electron chi connectivity index (χ2n) is 5.31. The molecule has 3 heterocycles. The van der Waals surface area contributed by atoms with Crippen LogP contribution in [0.1, 0.15) is 30.5 Å². The van der Waals surface area contributed by atoms with E-state index in [4.69, 9.17) is 0 Å². The fraction of sp³-hybridized carbons (Fsp3) is 0.500. The molecule has 1 aliphatic heterocycles. The molecule has 4 rings (SSSR count). The fourth-order valence-electron chi connectivity index (χ4n) is 2.35. The lowest BCUT2D eigenvalue weighted by Gasteiger charge is -2.37. The second kappa shape index (κ2) is 4.37. The van der Waals surface area contributed by atoms with Gasteiger partial charge >= 0.3 is 0 Å². The Balaban J connectivity index is 1.46. The van der Waals surface area contributed by atoms with Gasteiger partial charge in [-0.05, 0) is 24.3 Å². The average molecular weight is 310 g/mol. The Bertz CT molecular complexity index is 712. The molecular formula is C12H14N4O2S2. The first-order valence-corrected chi connectivity index (χ1v) is 8.92. The third-order valence-electron chi connectivity index (χ3n) is 3.82. The summed E-state index contributed by atoms with van der Waals surface area (Å²) in [6.45, 7) is 0.960. The van der Waals surface area contributed by atoms with Crippen LogP contribution < -0.4 is 0 Å². The molecule has 1 saturated carbocycles. The Morgan fingerprint density at radius 1 is 1.30 bits per heavy atom. The summed E-state index contributed by atoms with van der Waals surface area (Å²) in [4.78, 5) is 0. The molecule has 0 unspecified atom stereocenters. The molecule has 2 aliphatic rings. The van der Waals surface area contributed by atoms with Gasteiger partial charge in [0.25, 0.3) is 10.0 Å². The summed E-state index contributed by atoms with van der Waals surface area (Å²) in [7, 11) is -3.31. The molecule has 0 N–H and O–H groups in total. The van der Waals surface area contributed by atoms with Crippen molar-refractivity contribution < 1.29 is 8.42 Å². The predicted octanol–water partition coefficient (Wildman–Crippen LogP) is 1.46. The van der Waals surface area contributed by atoms with Gasteiger partial charge in [0, 0.05) is 25.2 Å². The van der Waals surface area contributed by atoms with Crippen molar-refractivity contribution in [2.24, 2.45) is 0 Å². The molecule has 1 saturated heterocycles. The summed E-state index contributed by atoms with van der Waals surface area (Å²) < 4.78 is 28.3. The van der Waals surface area contributed by atoms with Gasteiger partial charge in [-0.1, -0.05) is 11.3 Å². The lowest BCUT2D eigenvalue weighted by atomic mass is 10.2. The highest BCUT2D eigenvalue weighted by Gasteiger charge is 2.39. The smallest absolute Gasteiger partial charge is 0.247 e. The summed E-state index contributed by atoms with van der Waals surface area (Å²) in [5, 5.41) is 10.1. The minimum absolute atomic E-state index is 0.115. The van der Waals surface area contributed by atoms with Crippen molar-refractivity contribution >= 4 is 21.4 Å². The molecular weight excluding hydrogens is 296 g/mol. The van der Waals surface area contributed by atoms with E-state index in [1.54, 1.807) is 17.5 Å². The van der Waals surface area contributed by atoms with Crippen LogP contribution in [0.2, 0.25) is 0 Å². The van der Waals surface area contributed by atoms with Crippen LogP contribution in [0.4, 0.5) is 0 Å². The monoisotopic (exact) mass is 310 g/mol. The molecule has 20 heavy (non-hydrogen) atoms. The van der Waals surface area contributed by atoms with E-state index in [-0.39, 0.29) is 6.04 Å². The Kier molecular flexibility index (Phi) is 2.73. The molecule has 1 aliphatic carbocycles. The van der Waals surface area contributed by atoms with Crippen LogP contribution in [0.15, 0.2) is 27.9 Å². The molecule has 8 heteroatoms. The van der Waals surface area contributed by atoms with E-state index in [1.165, 1.54) is 28.5 Å². The first-order valence-electron chi connectivity index (χ1n) is 6.60. The first kappa shape index (κ1) is 12.5. The topological polar surface area (TPSA) is 68.1 Å². The zero-order chi connectivity index (χ0) is 13.7. The first-order chi connectivity index (χ1) is 9.64. The van der Waals surface area contributed by atoms with E-state index in [9.17, 15) is 8.42 Å². The maximum atomic E-state index is 12.3. The second-order valence-corrected chi connectivity index (χ2v) is 8.42. The van der Waals surface area contributed by atoms with Crippen LogP contribution in [0.5, 0.6) is 0 Å². The van der Waals surface area contributed by atoms with E-state index in [1.807, 2.05) is 10.9 Å². The summed E-state index contributed by atoms with van der Waals surface area (Å²) in [6, 6.07) is 3.52. The van der Waals surface area contributed by atoms with Gasteiger partial charge in [0.05, 0.1) is 11.7 Å². The van der Waals surface area contributed by atoms with Crippen LogP contribution in [0, 0.1) is 0 Å². The molecule has 6 nitrogen and oxygen atoms in total. The molecule has 0 atom stereocenters. The van der Waals surface area contributed by atoms with Crippen molar-refractivity contribution in [3.8, 4) is 0 Å². The van der Waals surface area contributed by atoms with Gasteiger partial charge in [-0.25, -0.2) is 13.1 Å². The fourth-order valence-corrected chi connectivity index (χ4v) is 5.01. The number of sulfonamides is 1. The third kappa shape index (κ3) is 1.99. The predicted molar refractivity (Wildman–Crippen MR) is 74.1 cm³/mol. The number of rotatable bonds is 4. The van der Waals surface area contributed by atoms with Gasteiger partial charge in [-0.15, -0.1) is 16.4 Å². The molecule has 2 aromatic rings. The molecule has 0 bridgehead atoms. The summed E-state index contributed by atoms with van der Waals surface area (Å²) in [5.41, 5.74) is 1.05. The quantitative estimate of drug-likeness (QED) is 0.857. The Morgan fingerprint density at radius 3 is 2.75 bits per heavy atom. The Hall–Kier alpha value is -1.25. The molecule has 0 aromatic carbocycles. The highest BCUT2D eigenvalue weighted by atomic mass is 32.2. The zero-order valence-electron chi connectivity index (χ0n) is 10.7. The molecule has 0 radical (unpaired) electrons. The minimum atomic E-state index is -3.31. The number of aromatic nitrogens is 3. The van der Waals surface area contributed by atoms with E-state index in [0.29, 0.717) is 23.2 Å². The molecule has 2 aromatic heterocycles. The normalized spacial score (nSPS) is 21.0. The average Bonchev–Trinajstić information content (AvgIpc) is 2.90. The van der Waals surface area contributed by atoms with Gasteiger partial charge in [-0.3, -0.25) is 0 Å². The van der Waals surface area contributed by atoms with Crippen LogP contribution in [-0.2, 0) is 10.0 Å². The van der Waals surface area contributed by atoms with Crippen molar-refractivity contribution in [2.45, 2.75) is 29.0 Å². The van der Waals surface area contributed by atoms with E-state index in [0.717, 1.165) is 5.69 Å². The highest BCUT2D eigenvalue weighted by molar-refractivity contribution is 7.91. The summed E-state index contributed by atoms with van der Waals surface area (Å²) in [5.74, 6) is 0.579. The lowest BCUT2D eigenvalue weighted by molar-refractivity contribution is 0.189. The van der Waals surface area contributed by atoms with Gasteiger partial charge < -0.3 is 0 Å². The van der Waals surface area contributed by atoms with Crippen LogP contribution in [0.25, 0.3) is 0 Å². The number of thiophene rings is 1. The van der Waals surface area contributed by atoms with E-state index >= 15 is 0 Å². The van der Waals surface area contributed by atoms with Gasteiger partial charge in [0.15, 0.2) is 0 Å². The highest BCUT2D eigenvalue weighted by Crippen LogP contribution is 2.39. The summed E-state index contributed by atoms with van der Waals surface area (Å²) in [6.07, 6.45) is 4.36. The van der Waals surface area contributed by atoms with Gasteiger partial charge in [0.2, 0.25) is 0 Å². The van der Waals surface area contributed by atoms with E-state index in [2.05, 4.69) is 10.3 Å². The van der Waals surface area contributed by atoms with Crippen molar-refractivity contribution in [1.29, 1.82) is 0 Å². The number of nitrogens with zero attached hydrogens (tertiary/aromatic N) is 4.